The SMILES string of the molecule is CC1C(=O)OC(=O)C1C.CCC(C)(C)C(=O)OC(C(F)(F)F)C(F)(F)F.CCC(C)(C)C(=O)OC(C)(C)C.CCC(C)(C)C(=O)OC(C)(C)C1CCC(C)CC1.CCC(C)OC(C(F)(F)F)C(F)(F)F.CCC(C)c1ccc(C(O)(C(F)(F)F)C(F)(F)F)cc1. The molecule has 4 unspecified atom stereocenters. The van der Waals surface area contributed by atoms with Gasteiger partial charge in [0.05, 0.1) is 34.2 Å². The lowest BCUT2D eigenvalue weighted by molar-refractivity contribution is -0.376. The fourth-order valence-corrected chi connectivity index (χ4v) is 6.99. The van der Waals surface area contributed by atoms with E-state index in [1.807, 2.05) is 69.2 Å². The van der Waals surface area contributed by atoms with Crippen LogP contribution in [0.15, 0.2) is 24.3 Å². The number of cyclic esters (lactones) is 2. The Balaban J connectivity index is -0.00000102. The molecule has 0 radical (unpaired) electrons. The molecule has 2 fully saturated rings. The summed E-state index contributed by atoms with van der Waals surface area (Å²) in [6.07, 6.45) is -35.3. The third-order valence-corrected chi connectivity index (χ3v) is 15.4. The van der Waals surface area contributed by atoms with Crippen molar-refractivity contribution in [1.29, 1.82) is 0 Å². The van der Waals surface area contributed by atoms with Crippen molar-refractivity contribution in [3.05, 3.63) is 35.4 Å². The predicted molar refractivity (Wildman–Crippen MR) is 299 cm³/mol. The molecule has 1 aliphatic carbocycles. The number of carbonyl (C=O) groups excluding carboxylic acids is 5. The Morgan fingerprint density at radius 2 is 0.844 bits per heavy atom. The van der Waals surface area contributed by atoms with Crippen LogP contribution in [-0.2, 0) is 53.3 Å². The molecule has 1 heterocycles. The molecule has 1 N–H and O–H groups in total. The lowest BCUT2D eigenvalue weighted by atomic mass is 9.75. The second-order valence-electron chi connectivity index (χ2n) is 25.8. The number of halogens is 18. The lowest BCUT2D eigenvalue weighted by Gasteiger charge is -2.39. The van der Waals surface area contributed by atoms with E-state index in [0.717, 1.165) is 25.7 Å². The average molecular weight is 1350 g/mol. The first-order valence-corrected chi connectivity index (χ1v) is 29.2. The first-order chi connectivity index (χ1) is 39.9. The van der Waals surface area contributed by atoms with Crippen LogP contribution < -0.4 is 0 Å². The highest BCUT2D eigenvalue weighted by atomic mass is 19.4. The van der Waals surface area contributed by atoms with Gasteiger partial charge in [-0.25, -0.2) is 0 Å². The summed E-state index contributed by atoms with van der Waals surface area (Å²) in [4.78, 5) is 56.0. The second kappa shape index (κ2) is 34.5. The zero-order valence-corrected chi connectivity index (χ0v) is 55.1. The van der Waals surface area contributed by atoms with E-state index in [1.165, 1.54) is 65.5 Å². The molecule has 0 amide bonds. The van der Waals surface area contributed by atoms with Gasteiger partial charge in [0.1, 0.15) is 11.2 Å². The van der Waals surface area contributed by atoms with E-state index in [1.54, 1.807) is 20.8 Å². The average Bonchev–Trinajstić information content (AvgIpc) is 0.878. The summed E-state index contributed by atoms with van der Waals surface area (Å²) in [5, 5.41) is 9.19. The quantitative estimate of drug-likeness (QED) is 0.0773. The van der Waals surface area contributed by atoms with E-state index in [4.69, 9.17) is 9.47 Å². The molecule has 1 saturated carbocycles. The van der Waals surface area contributed by atoms with Gasteiger partial charge in [0, 0.05) is 5.56 Å². The van der Waals surface area contributed by atoms with E-state index < -0.39 is 89.9 Å². The summed E-state index contributed by atoms with van der Waals surface area (Å²) in [6, 6.07) is 3.68. The normalized spacial score (nSPS) is 18.9. The zero-order valence-electron chi connectivity index (χ0n) is 55.1. The van der Waals surface area contributed by atoms with Gasteiger partial charge in [-0.1, -0.05) is 99.4 Å². The van der Waals surface area contributed by atoms with Crippen molar-refractivity contribution in [2.75, 3.05) is 0 Å². The minimum absolute atomic E-state index is 0.00826. The number of hydrogen-bond donors (Lipinski definition) is 1. The van der Waals surface area contributed by atoms with E-state index >= 15 is 0 Å². The maximum absolute atomic E-state index is 12.6. The van der Waals surface area contributed by atoms with Crippen molar-refractivity contribution >= 4 is 29.8 Å². The van der Waals surface area contributed by atoms with Gasteiger partial charge in [-0.2, -0.15) is 79.0 Å². The second-order valence-corrected chi connectivity index (χ2v) is 25.8. The molecule has 1 aromatic carbocycles. The van der Waals surface area contributed by atoms with Gasteiger partial charge in [-0.15, -0.1) is 0 Å². The van der Waals surface area contributed by atoms with E-state index in [2.05, 4.69) is 35.0 Å². The molecule has 1 saturated heterocycles. The third-order valence-electron chi connectivity index (χ3n) is 15.4. The van der Waals surface area contributed by atoms with Crippen LogP contribution in [0.5, 0.6) is 0 Å². The number of ether oxygens (including phenoxy) is 5. The summed E-state index contributed by atoms with van der Waals surface area (Å²) >= 11 is 0. The van der Waals surface area contributed by atoms with Gasteiger partial charge < -0.3 is 28.8 Å². The predicted octanol–water partition coefficient (Wildman–Crippen LogP) is 18.9. The van der Waals surface area contributed by atoms with Gasteiger partial charge >= 0.3 is 66.9 Å². The molecule has 0 aromatic heterocycles. The Labute approximate surface area is 517 Å². The molecule has 29 heteroatoms. The van der Waals surface area contributed by atoms with Gasteiger partial charge in [-0.05, 0) is 151 Å². The molecule has 0 spiro atoms. The standard InChI is InChI=1S/C16H30O2.C13H14F6O.C10H20O2.C9H12F6O2.C7H10F6O.C6H8O3/c1-7-15(3,4)14(17)18-16(5,6)13-10-8-12(2)9-11-13;1-3-8(2)9-4-6-10(7-5-9)11(20,12(14,15)16)13(17,18)19;1-7-10(5,6)8(11)12-9(2,3)4;1-4-7(2,3)6(16)17-5(8(10,11)12)9(13,14)15;1-3-4(2)14-5(6(8,9)10)7(11,12)13;1-3-4(2)6(8)9-5(3)7/h12-13H,7-11H2,1-6H3;4-8,20H,3H2,1-2H3;7H2,1-6H3;5H,4H2,1-3H3;4-5H,3H2,1-2H3;3-4H,1-2H3. The van der Waals surface area contributed by atoms with Crippen LogP contribution in [0, 0.1) is 39.9 Å². The van der Waals surface area contributed by atoms with Crippen LogP contribution in [0.2, 0.25) is 0 Å². The highest BCUT2D eigenvalue weighted by Gasteiger charge is 2.71. The topological polar surface area (TPSA) is 152 Å². The third kappa shape index (κ3) is 29.6. The van der Waals surface area contributed by atoms with Gasteiger partial charge in [0.25, 0.3) is 11.7 Å². The minimum Gasteiger partial charge on any atom is -0.460 e. The monoisotopic (exact) mass is 1340 g/mol. The molecule has 4 atom stereocenters. The summed E-state index contributed by atoms with van der Waals surface area (Å²) in [5.74, 6) is -1.63. The number of esters is 5. The largest absolute Gasteiger partial charge is 0.460 e. The molecular weight excluding hydrogens is 1250 g/mol. The highest BCUT2D eigenvalue weighted by Crippen LogP contribution is 2.50. The Kier molecular flexibility index (Phi) is 34.4. The van der Waals surface area contributed by atoms with Gasteiger partial charge in [0.15, 0.2) is 0 Å². The number of hydrogen-bond acceptors (Lipinski definition) is 11. The number of rotatable bonds is 15. The van der Waals surface area contributed by atoms with Crippen molar-refractivity contribution in [2.45, 2.75) is 281 Å². The Morgan fingerprint density at radius 1 is 0.511 bits per heavy atom. The molecule has 3 rings (SSSR count). The van der Waals surface area contributed by atoms with Gasteiger partial charge in [-0.3, -0.25) is 24.0 Å². The van der Waals surface area contributed by atoms with Crippen molar-refractivity contribution in [3.8, 4) is 0 Å². The first kappa shape index (κ1) is 89.6. The van der Waals surface area contributed by atoms with Crippen molar-refractivity contribution < 1.29 is 132 Å². The van der Waals surface area contributed by atoms with E-state index in [9.17, 15) is 108 Å². The Morgan fingerprint density at radius 3 is 1.11 bits per heavy atom. The van der Waals surface area contributed by atoms with Crippen molar-refractivity contribution in [1.82, 2.24) is 0 Å². The van der Waals surface area contributed by atoms with Crippen LogP contribution in [0.25, 0.3) is 0 Å². The fraction of sp³-hybridized carbons (Fsp3) is 0.820. The summed E-state index contributed by atoms with van der Waals surface area (Å²) in [7, 11) is 0. The van der Waals surface area contributed by atoms with Crippen LogP contribution >= 0.6 is 0 Å². The number of aliphatic hydroxyl groups is 1. The molecule has 1 aromatic rings. The Hall–Kier alpha value is -4.57. The number of alkyl halides is 18. The molecule has 2 aliphatic rings. The smallest absolute Gasteiger partial charge is 0.434 e. The van der Waals surface area contributed by atoms with Crippen LogP contribution in [0.3, 0.4) is 0 Å². The maximum Gasteiger partial charge on any atom is 0.434 e. The number of carbonyl (C=O) groups is 5. The molecule has 0 bridgehead atoms. The molecule has 530 valence electrons. The summed E-state index contributed by atoms with van der Waals surface area (Å²) in [5.41, 5.74) is -8.27. The van der Waals surface area contributed by atoms with Crippen LogP contribution in [-0.4, -0.2) is 102 Å². The van der Waals surface area contributed by atoms with Crippen molar-refractivity contribution in [3.63, 3.8) is 0 Å². The van der Waals surface area contributed by atoms with Gasteiger partial charge in [0.2, 0.25) is 6.10 Å². The van der Waals surface area contributed by atoms with Crippen LogP contribution in [0.1, 0.15) is 220 Å². The maximum atomic E-state index is 12.6. The lowest BCUT2D eigenvalue weighted by Crippen LogP contribution is -2.53. The number of benzene rings is 1. The molecule has 1 aliphatic heterocycles. The first-order valence-electron chi connectivity index (χ1n) is 29.2. The molecule has 90 heavy (non-hydrogen) atoms. The zero-order chi connectivity index (χ0) is 72.4. The Bertz CT molecular complexity index is 2280. The minimum atomic E-state index is -5.84. The molecular formula is C61H94F18O11. The molecule has 11 nitrogen and oxygen atoms in total. The van der Waals surface area contributed by atoms with E-state index in [-0.39, 0.29) is 64.6 Å². The summed E-state index contributed by atoms with van der Waals surface area (Å²) in [6.45, 7) is 37.4. The summed E-state index contributed by atoms with van der Waals surface area (Å²) < 4.78 is 242. The highest BCUT2D eigenvalue weighted by molar-refractivity contribution is 5.95. The van der Waals surface area contributed by atoms with Crippen molar-refractivity contribution in [2.24, 2.45) is 39.9 Å². The van der Waals surface area contributed by atoms with E-state index in [0.29, 0.717) is 30.0 Å². The fourth-order valence-electron chi connectivity index (χ4n) is 6.99. The van der Waals surface area contributed by atoms with Crippen LogP contribution in [0.4, 0.5) is 79.0 Å².